The van der Waals surface area contributed by atoms with Crippen molar-refractivity contribution in [2.24, 2.45) is 5.73 Å². The van der Waals surface area contributed by atoms with Gasteiger partial charge in [0.25, 0.3) is 0 Å². The second kappa shape index (κ2) is 6.10. The fourth-order valence-electron chi connectivity index (χ4n) is 1.21. The molecule has 0 aromatic heterocycles. The van der Waals surface area contributed by atoms with Crippen molar-refractivity contribution in [3.63, 3.8) is 0 Å². The van der Waals surface area contributed by atoms with Crippen molar-refractivity contribution in [3.8, 4) is 5.75 Å². The van der Waals surface area contributed by atoms with E-state index in [1.54, 1.807) is 19.1 Å². The molecule has 0 spiro atoms. The molecule has 0 saturated heterocycles. The Morgan fingerprint density at radius 2 is 2.18 bits per heavy atom. The number of halogens is 1. The molecule has 2 amide bonds. The molecule has 0 aliphatic rings. The normalized spacial score (nSPS) is 9.76. The molecule has 3 N–H and O–H groups in total. The smallest absolute Gasteiger partial charge is 0.409 e. The lowest BCUT2D eigenvalue weighted by Crippen LogP contribution is -2.17. The van der Waals surface area contributed by atoms with Crippen molar-refractivity contribution in [3.05, 3.63) is 23.8 Å². The summed E-state index contributed by atoms with van der Waals surface area (Å²) in [6.07, 6.45) is -0.668. The fourth-order valence-corrected chi connectivity index (χ4v) is 1.38. The van der Waals surface area contributed by atoms with Crippen molar-refractivity contribution in [2.45, 2.75) is 13.3 Å². The molecule has 5 nitrogen and oxygen atoms in total. The number of hydrogen-bond donors (Lipinski definition) is 2. The van der Waals surface area contributed by atoms with E-state index in [2.05, 4.69) is 5.32 Å². The predicted octanol–water partition coefficient (Wildman–Crippen LogP) is 2.02. The van der Waals surface area contributed by atoms with Crippen molar-refractivity contribution in [1.29, 1.82) is 0 Å². The molecule has 0 atom stereocenters. The third kappa shape index (κ3) is 4.32. The first-order chi connectivity index (χ1) is 8.02. The third-order valence-electron chi connectivity index (χ3n) is 2.00. The average Bonchev–Trinajstić information content (AvgIpc) is 2.22. The summed E-state index contributed by atoms with van der Waals surface area (Å²) in [5, 5.41) is 2.63. The molecule has 1 aromatic carbocycles. The van der Waals surface area contributed by atoms with Crippen LogP contribution in [0.4, 0.5) is 10.5 Å². The number of ether oxygens (including phenoxy) is 1. The van der Waals surface area contributed by atoms with Gasteiger partial charge in [0, 0.05) is 24.1 Å². The van der Waals surface area contributed by atoms with E-state index in [-0.39, 0.29) is 18.2 Å². The van der Waals surface area contributed by atoms with Gasteiger partial charge in [0.1, 0.15) is 5.75 Å². The van der Waals surface area contributed by atoms with Crippen LogP contribution in [0.5, 0.6) is 5.75 Å². The Bertz CT molecular complexity index is 435. The molecule has 0 unspecified atom stereocenters. The predicted molar refractivity (Wildman–Crippen MR) is 65.4 cm³/mol. The zero-order chi connectivity index (χ0) is 12.8. The number of primary amides is 1. The Balaban J connectivity index is 2.81. The zero-order valence-corrected chi connectivity index (χ0v) is 10.1. The van der Waals surface area contributed by atoms with Crippen LogP contribution in [0.25, 0.3) is 0 Å². The lowest BCUT2D eigenvalue weighted by atomic mass is 10.2. The Kier molecular flexibility index (Phi) is 4.78. The number of carbonyl (C=O) groups is 2. The van der Waals surface area contributed by atoms with E-state index < -0.39 is 6.09 Å². The van der Waals surface area contributed by atoms with Crippen LogP contribution in [0.3, 0.4) is 0 Å². The first-order valence-corrected chi connectivity index (χ1v) is 5.50. The number of amides is 2. The summed E-state index contributed by atoms with van der Waals surface area (Å²) >= 11 is 5.44. The highest BCUT2D eigenvalue weighted by Crippen LogP contribution is 2.22. The average molecular weight is 257 g/mol. The van der Waals surface area contributed by atoms with E-state index in [0.29, 0.717) is 11.4 Å². The minimum absolute atomic E-state index is 0.200. The Morgan fingerprint density at radius 1 is 1.47 bits per heavy atom. The van der Waals surface area contributed by atoms with Gasteiger partial charge in [-0.15, -0.1) is 11.6 Å². The van der Waals surface area contributed by atoms with Crippen LogP contribution in [-0.4, -0.2) is 17.9 Å². The standard InChI is InChI=1S/C11H13ClN2O3/c1-7-2-3-8(14-10(15)4-5-12)6-9(7)17-11(13)16/h2-3,6H,4-5H2,1H3,(H2,13,16)(H,14,15). The van der Waals surface area contributed by atoms with Crippen molar-refractivity contribution < 1.29 is 14.3 Å². The number of aryl methyl sites for hydroxylation is 1. The lowest BCUT2D eigenvalue weighted by Gasteiger charge is -2.08. The first-order valence-electron chi connectivity index (χ1n) is 4.96. The number of alkyl halides is 1. The maximum absolute atomic E-state index is 11.3. The number of nitrogens with two attached hydrogens (primary N) is 1. The minimum atomic E-state index is -0.891. The van der Waals surface area contributed by atoms with Crippen molar-refractivity contribution in [1.82, 2.24) is 0 Å². The zero-order valence-electron chi connectivity index (χ0n) is 9.33. The van der Waals surface area contributed by atoms with Crippen LogP contribution in [0.15, 0.2) is 18.2 Å². The number of hydrogen-bond acceptors (Lipinski definition) is 3. The highest BCUT2D eigenvalue weighted by Gasteiger charge is 2.07. The molecule has 1 aromatic rings. The number of carbonyl (C=O) groups excluding carboxylic acids is 2. The number of benzene rings is 1. The Labute approximate surface area is 104 Å². The van der Waals surface area contributed by atoms with Gasteiger partial charge in [-0.05, 0) is 18.6 Å². The molecular weight excluding hydrogens is 244 g/mol. The largest absolute Gasteiger partial charge is 0.410 e. The van der Waals surface area contributed by atoms with Gasteiger partial charge in [0.05, 0.1) is 0 Å². The van der Waals surface area contributed by atoms with Gasteiger partial charge < -0.3 is 15.8 Å². The molecule has 0 saturated carbocycles. The minimum Gasteiger partial charge on any atom is -0.410 e. The Morgan fingerprint density at radius 3 is 2.76 bits per heavy atom. The summed E-state index contributed by atoms with van der Waals surface area (Å²) in [4.78, 5) is 22.0. The summed E-state index contributed by atoms with van der Waals surface area (Å²) in [5.41, 5.74) is 6.21. The van der Waals surface area contributed by atoms with Gasteiger partial charge in [0.2, 0.25) is 5.91 Å². The lowest BCUT2D eigenvalue weighted by molar-refractivity contribution is -0.115. The van der Waals surface area contributed by atoms with E-state index in [1.807, 2.05) is 0 Å². The molecule has 92 valence electrons. The van der Waals surface area contributed by atoms with Crippen LogP contribution in [-0.2, 0) is 4.79 Å². The van der Waals surface area contributed by atoms with E-state index in [0.717, 1.165) is 5.56 Å². The summed E-state index contributed by atoms with van der Waals surface area (Å²) < 4.78 is 4.79. The summed E-state index contributed by atoms with van der Waals surface area (Å²) in [7, 11) is 0. The maximum atomic E-state index is 11.3. The second-order valence-corrected chi connectivity index (χ2v) is 3.77. The van der Waals surface area contributed by atoms with E-state index >= 15 is 0 Å². The van der Waals surface area contributed by atoms with Crippen LogP contribution >= 0.6 is 11.6 Å². The Hall–Kier alpha value is -1.75. The van der Waals surface area contributed by atoms with Gasteiger partial charge in [-0.3, -0.25) is 4.79 Å². The van der Waals surface area contributed by atoms with Crippen molar-refractivity contribution >= 4 is 29.3 Å². The topological polar surface area (TPSA) is 81.4 Å². The number of nitrogens with one attached hydrogen (secondary N) is 1. The molecule has 0 aliphatic carbocycles. The molecule has 0 bridgehead atoms. The summed E-state index contributed by atoms with van der Waals surface area (Å²) in [6.45, 7) is 1.77. The molecule has 1 rings (SSSR count). The number of rotatable bonds is 4. The quantitative estimate of drug-likeness (QED) is 0.809. The van der Waals surface area contributed by atoms with E-state index in [9.17, 15) is 9.59 Å². The maximum Gasteiger partial charge on any atom is 0.409 e. The van der Waals surface area contributed by atoms with Gasteiger partial charge in [-0.1, -0.05) is 6.07 Å². The molecule has 17 heavy (non-hydrogen) atoms. The van der Waals surface area contributed by atoms with E-state index in [1.165, 1.54) is 6.07 Å². The second-order valence-electron chi connectivity index (χ2n) is 3.39. The SMILES string of the molecule is Cc1ccc(NC(=O)CCCl)cc1OC(N)=O. The van der Waals surface area contributed by atoms with Crippen molar-refractivity contribution in [2.75, 3.05) is 11.2 Å². The van der Waals surface area contributed by atoms with Gasteiger partial charge in [-0.25, -0.2) is 4.79 Å². The fraction of sp³-hybridized carbons (Fsp3) is 0.273. The van der Waals surface area contributed by atoms with Gasteiger partial charge >= 0.3 is 6.09 Å². The molecule has 0 heterocycles. The first kappa shape index (κ1) is 13.3. The van der Waals surface area contributed by atoms with Crippen LogP contribution < -0.4 is 15.8 Å². The molecule has 6 heteroatoms. The molecule has 0 radical (unpaired) electrons. The molecule has 0 fully saturated rings. The van der Waals surface area contributed by atoms with Crippen LogP contribution in [0.2, 0.25) is 0 Å². The van der Waals surface area contributed by atoms with Gasteiger partial charge in [-0.2, -0.15) is 0 Å². The molecular formula is C11H13ClN2O3. The highest BCUT2D eigenvalue weighted by molar-refractivity contribution is 6.19. The van der Waals surface area contributed by atoms with Gasteiger partial charge in [0.15, 0.2) is 0 Å². The van der Waals surface area contributed by atoms with Crippen LogP contribution in [0.1, 0.15) is 12.0 Å². The highest BCUT2D eigenvalue weighted by atomic mass is 35.5. The summed E-state index contributed by atoms with van der Waals surface area (Å²) in [6, 6.07) is 4.95. The van der Waals surface area contributed by atoms with Crippen LogP contribution in [0, 0.1) is 6.92 Å². The summed E-state index contributed by atoms with van der Waals surface area (Å²) in [5.74, 6) is 0.373. The monoisotopic (exact) mass is 256 g/mol. The third-order valence-corrected chi connectivity index (χ3v) is 2.19. The molecule has 0 aliphatic heterocycles. The number of anilines is 1. The van der Waals surface area contributed by atoms with E-state index in [4.69, 9.17) is 22.1 Å².